The van der Waals surface area contributed by atoms with E-state index in [9.17, 15) is 4.79 Å². The van der Waals surface area contributed by atoms with Crippen molar-refractivity contribution in [2.45, 2.75) is 86.0 Å². The van der Waals surface area contributed by atoms with Crippen molar-refractivity contribution in [3.05, 3.63) is 24.3 Å². The van der Waals surface area contributed by atoms with Gasteiger partial charge in [-0.15, -0.1) is 0 Å². The Kier molecular flexibility index (Phi) is 27.7. The lowest BCUT2D eigenvalue weighted by molar-refractivity contribution is -0.131. The van der Waals surface area contributed by atoms with Crippen LogP contribution in [0.5, 0.6) is 0 Å². The van der Waals surface area contributed by atoms with Gasteiger partial charge in [0.15, 0.2) is 0 Å². The van der Waals surface area contributed by atoms with E-state index in [1.54, 1.807) is 0 Å². The second-order valence-corrected chi connectivity index (χ2v) is 5.03. The first kappa shape index (κ1) is 24.0. The maximum Gasteiger partial charge on any atom is 0.327 e. The quantitative estimate of drug-likeness (QED) is 0.319. The molecule has 2 nitrogen and oxygen atoms in total. The maximum absolute atomic E-state index is 9.25. The molecule has 0 saturated heterocycles. The molecule has 20 heavy (non-hydrogen) atoms. The summed E-state index contributed by atoms with van der Waals surface area (Å²) in [6.07, 6.45) is 14.4. The lowest BCUT2D eigenvalue weighted by atomic mass is 10.1. The molecule has 0 aromatic heterocycles. The van der Waals surface area contributed by atoms with Crippen molar-refractivity contribution in [2.75, 3.05) is 0 Å². The Morgan fingerprint density at radius 3 is 1.35 bits per heavy atom. The van der Waals surface area contributed by atoms with E-state index in [0.29, 0.717) is 0 Å². The summed E-state index contributed by atoms with van der Waals surface area (Å²) in [6, 6.07) is 0. The molecule has 0 amide bonds. The van der Waals surface area contributed by atoms with Gasteiger partial charge in [0, 0.05) is 6.08 Å². The largest absolute Gasteiger partial charge is 0.478 e. The van der Waals surface area contributed by atoms with Crippen LogP contribution in [0.15, 0.2) is 24.3 Å². The number of aliphatic carboxylic acids is 1. The SMILES string of the molecule is C=CC(=O)O.CC=C(C)C.CCCCCCCCCC. The minimum atomic E-state index is -0.981. The Hall–Kier alpha value is -1.05. The summed E-state index contributed by atoms with van der Waals surface area (Å²) in [5, 5.41) is 7.60. The fourth-order valence-electron chi connectivity index (χ4n) is 1.21. The Bertz CT molecular complexity index is 218. The van der Waals surface area contributed by atoms with Crippen LogP contribution in [-0.2, 0) is 4.79 Å². The topological polar surface area (TPSA) is 37.3 Å². The lowest BCUT2D eigenvalue weighted by Gasteiger charge is -1.97. The summed E-state index contributed by atoms with van der Waals surface area (Å²) in [7, 11) is 0. The van der Waals surface area contributed by atoms with E-state index >= 15 is 0 Å². The molecular formula is C18H36O2. The van der Waals surface area contributed by atoms with Crippen LogP contribution in [0.2, 0.25) is 0 Å². The van der Waals surface area contributed by atoms with Gasteiger partial charge in [-0.2, -0.15) is 0 Å². The average Bonchev–Trinajstić information content (AvgIpc) is 2.44. The Morgan fingerprint density at radius 1 is 0.950 bits per heavy atom. The highest BCUT2D eigenvalue weighted by molar-refractivity contribution is 5.78. The van der Waals surface area contributed by atoms with Gasteiger partial charge in [-0.25, -0.2) is 4.79 Å². The minimum Gasteiger partial charge on any atom is -0.478 e. The van der Waals surface area contributed by atoms with Crippen LogP contribution >= 0.6 is 0 Å². The molecule has 0 aromatic carbocycles. The first-order chi connectivity index (χ1) is 9.45. The van der Waals surface area contributed by atoms with Crippen molar-refractivity contribution in [1.29, 1.82) is 0 Å². The van der Waals surface area contributed by atoms with Crippen molar-refractivity contribution < 1.29 is 9.90 Å². The predicted octanol–water partition coefficient (Wildman–Crippen LogP) is 6.38. The van der Waals surface area contributed by atoms with E-state index in [2.05, 4.69) is 40.3 Å². The molecule has 0 unspecified atom stereocenters. The number of hydrogen-bond acceptors (Lipinski definition) is 1. The number of carbonyl (C=O) groups is 1. The first-order valence-electron chi connectivity index (χ1n) is 7.90. The second-order valence-electron chi connectivity index (χ2n) is 5.03. The van der Waals surface area contributed by atoms with E-state index in [4.69, 9.17) is 5.11 Å². The van der Waals surface area contributed by atoms with Gasteiger partial charge in [0.2, 0.25) is 0 Å². The van der Waals surface area contributed by atoms with Crippen LogP contribution in [0.4, 0.5) is 0 Å². The van der Waals surface area contributed by atoms with E-state index < -0.39 is 5.97 Å². The van der Waals surface area contributed by atoms with Crippen LogP contribution in [0.25, 0.3) is 0 Å². The highest BCUT2D eigenvalue weighted by atomic mass is 16.4. The fourth-order valence-corrected chi connectivity index (χ4v) is 1.21. The van der Waals surface area contributed by atoms with Crippen molar-refractivity contribution in [3.8, 4) is 0 Å². The third-order valence-electron chi connectivity index (χ3n) is 2.71. The molecule has 0 aliphatic heterocycles. The number of carboxylic acids is 1. The summed E-state index contributed by atoms with van der Waals surface area (Å²) >= 11 is 0. The molecule has 0 fully saturated rings. The predicted molar refractivity (Wildman–Crippen MR) is 91.2 cm³/mol. The summed E-state index contributed by atoms with van der Waals surface area (Å²) < 4.78 is 0. The third kappa shape index (κ3) is 43.6. The van der Waals surface area contributed by atoms with Gasteiger partial charge in [0.25, 0.3) is 0 Å². The van der Waals surface area contributed by atoms with Crippen LogP contribution in [0.3, 0.4) is 0 Å². The zero-order valence-electron chi connectivity index (χ0n) is 14.4. The van der Waals surface area contributed by atoms with Gasteiger partial charge in [-0.3, -0.25) is 0 Å². The molecule has 2 heteroatoms. The van der Waals surface area contributed by atoms with Crippen molar-refractivity contribution in [2.24, 2.45) is 0 Å². The molecule has 0 atom stereocenters. The molecule has 1 N–H and O–H groups in total. The van der Waals surface area contributed by atoms with Gasteiger partial charge in [-0.1, -0.05) is 83.4 Å². The van der Waals surface area contributed by atoms with E-state index in [-0.39, 0.29) is 0 Å². The summed E-state index contributed by atoms with van der Waals surface area (Å²) in [5.41, 5.74) is 1.38. The number of allylic oxidation sites excluding steroid dienone is 2. The number of rotatable bonds is 8. The van der Waals surface area contributed by atoms with Gasteiger partial charge in [0.05, 0.1) is 0 Å². The smallest absolute Gasteiger partial charge is 0.327 e. The molecule has 0 bridgehead atoms. The fraction of sp³-hybridized carbons (Fsp3) is 0.722. The van der Waals surface area contributed by atoms with Crippen LogP contribution < -0.4 is 0 Å². The molecule has 0 aliphatic rings. The molecule has 0 rings (SSSR count). The molecular weight excluding hydrogens is 248 g/mol. The van der Waals surface area contributed by atoms with E-state index in [0.717, 1.165) is 6.08 Å². The van der Waals surface area contributed by atoms with Gasteiger partial charge in [-0.05, 0) is 20.8 Å². The highest BCUT2D eigenvalue weighted by Gasteiger charge is 1.87. The van der Waals surface area contributed by atoms with E-state index in [1.807, 2.05) is 6.92 Å². The van der Waals surface area contributed by atoms with Crippen molar-refractivity contribution in [1.82, 2.24) is 0 Å². The first-order valence-corrected chi connectivity index (χ1v) is 7.90. The third-order valence-corrected chi connectivity index (χ3v) is 2.71. The van der Waals surface area contributed by atoms with Crippen molar-refractivity contribution >= 4 is 5.97 Å². The number of unbranched alkanes of at least 4 members (excludes halogenated alkanes) is 7. The Morgan fingerprint density at radius 2 is 1.20 bits per heavy atom. The van der Waals surface area contributed by atoms with Crippen LogP contribution in [0.1, 0.15) is 86.0 Å². The zero-order chi connectivity index (χ0) is 16.2. The lowest BCUT2D eigenvalue weighted by Crippen LogP contribution is -1.82. The van der Waals surface area contributed by atoms with E-state index in [1.165, 1.54) is 56.9 Å². The molecule has 0 heterocycles. The second kappa shape index (κ2) is 23.1. The molecule has 0 radical (unpaired) electrons. The van der Waals surface area contributed by atoms with Crippen LogP contribution in [0, 0.1) is 0 Å². The van der Waals surface area contributed by atoms with Gasteiger partial charge in [0.1, 0.15) is 0 Å². The molecule has 0 aromatic rings. The monoisotopic (exact) mass is 284 g/mol. The van der Waals surface area contributed by atoms with Gasteiger partial charge >= 0.3 is 5.97 Å². The minimum absolute atomic E-state index is 0.833. The van der Waals surface area contributed by atoms with Crippen molar-refractivity contribution in [3.63, 3.8) is 0 Å². The summed E-state index contributed by atoms with van der Waals surface area (Å²) in [5.74, 6) is -0.981. The summed E-state index contributed by atoms with van der Waals surface area (Å²) in [6.45, 7) is 13.7. The summed E-state index contributed by atoms with van der Waals surface area (Å²) in [4.78, 5) is 9.25. The zero-order valence-corrected chi connectivity index (χ0v) is 14.4. The molecule has 0 spiro atoms. The molecule has 0 aliphatic carbocycles. The number of carboxylic acid groups (broad SMARTS) is 1. The highest BCUT2D eigenvalue weighted by Crippen LogP contribution is 2.07. The standard InChI is InChI=1S/C10H22.C5H10.C3H4O2/c1-3-5-7-9-10-8-6-4-2;1-4-5(2)3;1-2-3(4)5/h3-10H2,1-2H3;4H,1-3H3;2H,1H2,(H,4,5). The Labute approximate surface area is 127 Å². The molecule has 120 valence electrons. The number of hydrogen-bond donors (Lipinski definition) is 1. The molecule has 0 saturated carbocycles. The normalized spacial score (nSPS) is 8.45. The Balaban J connectivity index is -0.000000244. The van der Waals surface area contributed by atoms with Crippen LogP contribution in [-0.4, -0.2) is 11.1 Å². The average molecular weight is 284 g/mol. The van der Waals surface area contributed by atoms with Gasteiger partial charge < -0.3 is 5.11 Å². The maximum atomic E-state index is 9.25.